The normalized spacial score (nSPS) is 15.9. The summed E-state index contributed by atoms with van der Waals surface area (Å²) < 4.78 is 0. The Morgan fingerprint density at radius 2 is 1.43 bits per heavy atom. The lowest BCUT2D eigenvalue weighted by molar-refractivity contribution is -0.142. The van der Waals surface area contributed by atoms with Crippen LogP contribution in [0.15, 0.2) is 30.3 Å². The highest BCUT2D eigenvalue weighted by molar-refractivity contribution is 5.94. The SMILES string of the molecule is CCC(C)C(N)C(=O)NC(CCCCN)C(=O)NC(C(=O)NC(Cc1ccccc1)C(=O)O)C(C)CC. The van der Waals surface area contributed by atoms with Gasteiger partial charge in [-0.25, -0.2) is 4.79 Å². The molecular formula is C27H45N5O5. The number of rotatable bonds is 17. The molecule has 0 aliphatic heterocycles. The van der Waals surface area contributed by atoms with Crippen LogP contribution in [-0.2, 0) is 25.6 Å². The summed E-state index contributed by atoms with van der Waals surface area (Å²) in [7, 11) is 0. The molecule has 0 saturated heterocycles. The number of nitrogens with one attached hydrogen (secondary N) is 3. The second-order valence-corrected chi connectivity index (χ2v) is 9.72. The number of unbranched alkanes of at least 4 members (excludes halogenated alkanes) is 1. The monoisotopic (exact) mass is 519 g/mol. The van der Waals surface area contributed by atoms with Crippen LogP contribution in [0, 0.1) is 11.8 Å². The number of carboxylic acids is 1. The third kappa shape index (κ3) is 10.9. The first-order chi connectivity index (χ1) is 17.5. The van der Waals surface area contributed by atoms with E-state index < -0.39 is 47.9 Å². The smallest absolute Gasteiger partial charge is 0.326 e. The molecule has 0 heterocycles. The fourth-order valence-corrected chi connectivity index (χ4v) is 3.81. The summed E-state index contributed by atoms with van der Waals surface area (Å²) in [6.45, 7) is 7.93. The minimum atomic E-state index is -1.17. The van der Waals surface area contributed by atoms with Crippen LogP contribution in [0.1, 0.15) is 65.4 Å². The Morgan fingerprint density at radius 3 is 1.97 bits per heavy atom. The predicted molar refractivity (Wildman–Crippen MR) is 143 cm³/mol. The van der Waals surface area contributed by atoms with Crippen molar-refractivity contribution in [3.05, 3.63) is 35.9 Å². The largest absolute Gasteiger partial charge is 0.480 e. The maximum Gasteiger partial charge on any atom is 0.326 e. The van der Waals surface area contributed by atoms with E-state index in [9.17, 15) is 24.3 Å². The summed E-state index contributed by atoms with van der Waals surface area (Å²) in [6, 6.07) is 5.19. The molecule has 0 saturated carbocycles. The van der Waals surface area contributed by atoms with Crippen molar-refractivity contribution in [3.8, 4) is 0 Å². The molecule has 3 amide bonds. The van der Waals surface area contributed by atoms with E-state index in [-0.39, 0.29) is 18.3 Å². The predicted octanol–water partition coefficient (Wildman–Crippen LogP) is 1.32. The number of carboxylic acid groups (broad SMARTS) is 1. The van der Waals surface area contributed by atoms with E-state index in [1.807, 2.05) is 26.8 Å². The highest BCUT2D eigenvalue weighted by atomic mass is 16.4. The molecule has 1 aromatic rings. The van der Waals surface area contributed by atoms with Crippen LogP contribution >= 0.6 is 0 Å². The lowest BCUT2D eigenvalue weighted by Crippen LogP contribution is -2.59. The fourth-order valence-electron chi connectivity index (χ4n) is 3.81. The first kappa shape index (κ1) is 32.0. The maximum atomic E-state index is 13.3. The quantitative estimate of drug-likeness (QED) is 0.168. The number of aliphatic carboxylic acids is 1. The Balaban J connectivity index is 3.03. The first-order valence-corrected chi connectivity index (χ1v) is 13.2. The van der Waals surface area contributed by atoms with Crippen molar-refractivity contribution in [1.82, 2.24) is 16.0 Å². The number of nitrogens with two attached hydrogens (primary N) is 2. The molecule has 0 aliphatic rings. The Bertz CT molecular complexity index is 866. The second kappa shape index (κ2) is 16.7. The number of carbonyl (C=O) groups is 4. The molecule has 0 aliphatic carbocycles. The van der Waals surface area contributed by atoms with Gasteiger partial charge in [0, 0.05) is 6.42 Å². The zero-order valence-corrected chi connectivity index (χ0v) is 22.5. The van der Waals surface area contributed by atoms with E-state index in [4.69, 9.17) is 11.5 Å². The van der Waals surface area contributed by atoms with Crippen LogP contribution in [-0.4, -0.2) is 59.5 Å². The Labute approximate surface area is 220 Å². The van der Waals surface area contributed by atoms with Gasteiger partial charge in [-0.15, -0.1) is 0 Å². The van der Waals surface area contributed by atoms with Gasteiger partial charge < -0.3 is 32.5 Å². The van der Waals surface area contributed by atoms with Gasteiger partial charge in [0.15, 0.2) is 0 Å². The van der Waals surface area contributed by atoms with Crippen LogP contribution in [0.3, 0.4) is 0 Å². The van der Waals surface area contributed by atoms with Crippen LogP contribution in [0.25, 0.3) is 0 Å². The van der Waals surface area contributed by atoms with E-state index in [1.165, 1.54) is 0 Å². The number of hydrogen-bond acceptors (Lipinski definition) is 6. The molecule has 8 N–H and O–H groups in total. The van der Waals surface area contributed by atoms with Gasteiger partial charge in [-0.1, -0.05) is 70.9 Å². The molecule has 1 aromatic carbocycles. The third-order valence-corrected chi connectivity index (χ3v) is 6.83. The average molecular weight is 520 g/mol. The summed E-state index contributed by atoms with van der Waals surface area (Å²) in [6.07, 6.45) is 3.00. The lowest BCUT2D eigenvalue weighted by atomic mass is 9.96. The van der Waals surface area contributed by atoms with Gasteiger partial charge in [-0.3, -0.25) is 14.4 Å². The van der Waals surface area contributed by atoms with E-state index in [1.54, 1.807) is 31.2 Å². The van der Waals surface area contributed by atoms with Crippen molar-refractivity contribution in [3.63, 3.8) is 0 Å². The second-order valence-electron chi connectivity index (χ2n) is 9.72. The van der Waals surface area contributed by atoms with E-state index >= 15 is 0 Å². The summed E-state index contributed by atoms with van der Waals surface area (Å²) in [5.74, 6) is -3.05. The van der Waals surface area contributed by atoms with Gasteiger partial charge in [0.25, 0.3) is 0 Å². The Morgan fingerprint density at radius 1 is 0.838 bits per heavy atom. The van der Waals surface area contributed by atoms with Crippen molar-refractivity contribution in [2.75, 3.05) is 6.54 Å². The van der Waals surface area contributed by atoms with E-state index in [2.05, 4.69) is 16.0 Å². The number of hydrogen-bond donors (Lipinski definition) is 6. The number of carbonyl (C=O) groups excluding carboxylic acids is 3. The molecule has 6 atom stereocenters. The summed E-state index contributed by atoms with van der Waals surface area (Å²) in [5, 5.41) is 17.8. The van der Waals surface area contributed by atoms with Crippen LogP contribution in [0.4, 0.5) is 0 Å². The lowest BCUT2D eigenvalue weighted by Gasteiger charge is -2.28. The highest BCUT2D eigenvalue weighted by Gasteiger charge is 2.33. The van der Waals surface area contributed by atoms with Crippen molar-refractivity contribution in [2.45, 2.75) is 90.4 Å². The third-order valence-electron chi connectivity index (χ3n) is 6.83. The molecule has 0 spiro atoms. The summed E-state index contributed by atoms with van der Waals surface area (Å²) in [5.41, 5.74) is 12.4. The molecule has 0 bridgehead atoms. The Kier molecular flexibility index (Phi) is 14.5. The fraction of sp³-hybridized carbons (Fsp3) is 0.630. The minimum Gasteiger partial charge on any atom is -0.480 e. The Hall–Kier alpha value is -2.98. The van der Waals surface area contributed by atoms with Gasteiger partial charge in [0.2, 0.25) is 17.7 Å². The molecule has 1 rings (SSSR count). The minimum absolute atomic E-state index is 0.0658. The molecule has 0 aromatic heterocycles. The summed E-state index contributed by atoms with van der Waals surface area (Å²) >= 11 is 0. The van der Waals surface area contributed by atoms with Gasteiger partial charge in [0.05, 0.1) is 6.04 Å². The molecule has 208 valence electrons. The van der Waals surface area contributed by atoms with Gasteiger partial charge in [-0.2, -0.15) is 0 Å². The van der Waals surface area contributed by atoms with Gasteiger partial charge in [-0.05, 0) is 43.2 Å². The topological polar surface area (TPSA) is 177 Å². The molecule has 37 heavy (non-hydrogen) atoms. The van der Waals surface area contributed by atoms with Crippen LogP contribution in [0.2, 0.25) is 0 Å². The molecule has 6 unspecified atom stereocenters. The average Bonchev–Trinajstić information content (AvgIpc) is 2.89. The molecule has 0 radical (unpaired) electrons. The van der Waals surface area contributed by atoms with Crippen LogP contribution in [0.5, 0.6) is 0 Å². The van der Waals surface area contributed by atoms with Crippen molar-refractivity contribution < 1.29 is 24.3 Å². The summed E-state index contributed by atoms with van der Waals surface area (Å²) in [4.78, 5) is 51.1. The number of benzene rings is 1. The van der Waals surface area contributed by atoms with E-state index in [0.717, 1.165) is 5.56 Å². The van der Waals surface area contributed by atoms with Gasteiger partial charge in [0.1, 0.15) is 18.1 Å². The zero-order chi connectivity index (χ0) is 28.0. The number of amides is 3. The van der Waals surface area contributed by atoms with Crippen LogP contribution < -0.4 is 27.4 Å². The maximum absolute atomic E-state index is 13.3. The van der Waals surface area contributed by atoms with Crippen molar-refractivity contribution in [1.29, 1.82) is 0 Å². The van der Waals surface area contributed by atoms with Crippen molar-refractivity contribution >= 4 is 23.7 Å². The highest BCUT2D eigenvalue weighted by Crippen LogP contribution is 2.12. The molecular weight excluding hydrogens is 474 g/mol. The van der Waals surface area contributed by atoms with Crippen molar-refractivity contribution in [2.24, 2.45) is 23.3 Å². The molecule has 10 heteroatoms. The first-order valence-electron chi connectivity index (χ1n) is 13.2. The standard InChI is InChI=1S/C27H45N5O5/c1-5-17(3)22(29)25(34)30-20(14-10-11-15-28)24(33)32-23(18(4)6-2)26(35)31-21(27(36)37)16-19-12-8-7-9-13-19/h7-9,12-13,17-18,20-23H,5-6,10-11,14-16,28-29H2,1-4H3,(H,30,34)(H,31,35)(H,32,33)(H,36,37). The van der Waals surface area contributed by atoms with Gasteiger partial charge >= 0.3 is 5.97 Å². The van der Waals surface area contributed by atoms with E-state index in [0.29, 0.717) is 38.6 Å². The zero-order valence-electron chi connectivity index (χ0n) is 22.5. The molecule has 0 fully saturated rings. The molecule has 10 nitrogen and oxygen atoms in total.